The van der Waals surface area contributed by atoms with Gasteiger partial charge < -0.3 is 14.8 Å². The molecule has 0 spiro atoms. The minimum Gasteiger partial charge on any atom is -0.493 e. The van der Waals surface area contributed by atoms with Crippen LogP contribution < -0.4 is 14.8 Å². The van der Waals surface area contributed by atoms with E-state index in [-0.39, 0.29) is 6.04 Å². The molecular weight excluding hydrogens is 418 g/mol. The first-order valence-corrected chi connectivity index (χ1v) is 9.65. The van der Waals surface area contributed by atoms with E-state index in [9.17, 15) is 8.78 Å². The summed E-state index contributed by atoms with van der Waals surface area (Å²) in [4.78, 5) is 2.21. The maximum Gasteiger partial charge on any atom is 0.161 e. The first-order valence-electron chi connectivity index (χ1n) is 8.86. The van der Waals surface area contributed by atoms with E-state index in [1.165, 1.54) is 12.1 Å². The van der Waals surface area contributed by atoms with Gasteiger partial charge in [-0.15, -0.1) is 0 Å². The number of halogens is 3. The third kappa shape index (κ3) is 4.42. The van der Waals surface area contributed by atoms with Gasteiger partial charge in [-0.1, -0.05) is 22.0 Å². The molecule has 0 aromatic heterocycles. The molecule has 0 radical (unpaired) electrons. The first-order chi connectivity index (χ1) is 13.0. The van der Waals surface area contributed by atoms with E-state index in [0.717, 1.165) is 48.7 Å². The van der Waals surface area contributed by atoms with Gasteiger partial charge in [0.1, 0.15) is 11.6 Å². The Morgan fingerprint density at radius 3 is 2.44 bits per heavy atom. The fourth-order valence-corrected chi connectivity index (χ4v) is 4.03. The van der Waals surface area contributed by atoms with Gasteiger partial charge in [0, 0.05) is 35.7 Å². The zero-order valence-electron chi connectivity index (χ0n) is 15.4. The molecule has 1 atom stereocenters. The highest BCUT2D eigenvalue weighted by atomic mass is 79.9. The van der Waals surface area contributed by atoms with Gasteiger partial charge in [0.25, 0.3) is 0 Å². The monoisotopic (exact) mass is 440 g/mol. The fourth-order valence-electron chi connectivity index (χ4n) is 3.49. The lowest BCUT2D eigenvalue weighted by Gasteiger charge is -2.32. The summed E-state index contributed by atoms with van der Waals surface area (Å²) in [7, 11) is 3.14. The Hall–Kier alpha value is -1.70. The van der Waals surface area contributed by atoms with E-state index in [0.29, 0.717) is 17.1 Å². The smallest absolute Gasteiger partial charge is 0.161 e. The molecule has 1 fully saturated rings. The molecule has 0 saturated carbocycles. The summed E-state index contributed by atoms with van der Waals surface area (Å²) >= 11 is 3.60. The molecule has 0 bridgehead atoms. The van der Waals surface area contributed by atoms with Crippen LogP contribution in [-0.2, 0) is 0 Å². The predicted octanol–water partition coefficient (Wildman–Crippen LogP) is 4.13. The first kappa shape index (κ1) is 20.0. The lowest BCUT2D eigenvalue weighted by molar-refractivity contribution is 0.235. The van der Waals surface area contributed by atoms with E-state index < -0.39 is 11.6 Å². The predicted molar refractivity (Wildman–Crippen MR) is 105 cm³/mol. The molecule has 1 aliphatic heterocycles. The van der Waals surface area contributed by atoms with Gasteiger partial charge in [0.15, 0.2) is 11.5 Å². The van der Waals surface area contributed by atoms with Crippen molar-refractivity contribution in [2.75, 3.05) is 40.4 Å². The van der Waals surface area contributed by atoms with Gasteiger partial charge >= 0.3 is 0 Å². The molecule has 4 nitrogen and oxygen atoms in total. The van der Waals surface area contributed by atoms with Gasteiger partial charge in [0.05, 0.1) is 20.3 Å². The Morgan fingerprint density at radius 1 is 1.00 bits per heavy atom. The molecule has 1 N–H and O–H groups in total. The van der Waals surface area contributed by atoms with Crippen molar-refractivity contribution in [1.29, 1.82) is 0 Å². The molecule has 1 unspecified atom stereocenters. The molecule has 146 valence electrons. The van der Waals surface area contributed by atoms with E-state index in [1.807, 2.05) is 12.1 Å². The number of hydrogen-bond acceptors (Lipinski definition) is 4. The quantitative estimate of drug-likeness (QED) is 0.757. The molecule has 0 amide bonds. The van der Waals surface area contributed by atoms with Crippen LogP contribution in [-0.4, -0.2) is 45.3 Å². The van der Waals surface area contributed by atoms with Crippen molar-refractivity contribution < 1.29 is 18.3 Å². The minimum absolute atomic E-state index is 0.375. The maximum atomic E-state index is 14.7. The normalized spacial score (nSPS) is 16.6. The van der Waals surface area contributed by atoms with Gasteiger partial charge in [-0.25, -0.2) is 8.78 Å². The Balaban J connectivity index is 2.14. The lowest BCUT2D eigenvalue weighted by Crippen LogP contribution is -2.33. The fraction of sp³-hybridized carbons (Fsp3) is 0.400. The molecule has 1 heterocycles. The summed E-state index contributed by atoms with van der Waals surface area (Å²) < 4.78 is 39.8. The SMILES string of the molecule is COc1cc(Br)c(C(c2ccc(F)cc2F)N2CCCNCC2)cc1OC. The topological polar surface area (TPSA) is 33.7 Å². The molecule has 2 aromatic carbocycles. The molecule has 1 saturated heterocycles. The minimum atomic E-state index is -0.584. The third-order valence-corrected chi connectivity index (χ3v) is 5.48. The Morgan fingerprint density at radius 2 is 1.74 bits per heavy atom. The Bertz CT molecular complexity index is 796. The highest BCUT2D eigenvalue weighted by Crippen LogP contribution is 2.41. The Kier molecular flexibility index (Phi) is 6.68. The molecule has 0 aliphatic carbocycles. The van der Waals surface area contributed by atoms with Crippen molar-refractivity contribution in [3.63, 3.8) is 0 Å². The van der Waals surface area contributed by atoms with Crippen molar-refractivity contribution in [2.24, 2.45) is 0 Å². The van der Waals surface area contributed by atoms with Crippen LogP contribution in [0.1, 0.15) is 23.6 Å². The van der Waals surface area contributed by atoms with Crippen molar-refractivity contribution in [3.05, 3.63) is 57.6 Å². The van der Waals surface area contributed by atoms with Crippen LogP contribution in [0.3, 0.4) is 0 Å². The molecule has 1 aliphatic rings. The standard InChI is InChI=1S/C20H23BrF2N2O2/c1-26-18-11-15(16(21)12-19(18)27-2)20(25-8-3-6-24-7-9-25)14-5-4-13(22)10-17(14)23/h4-5,10-12,20,24H,3,6-9H2,1-2H3. The number of nitrogens with zero attached hydrogens (tertiary/aromatic N) is 1. The van der Waals surface area contributed by atoms with E-state index >= 15 is 0 Å². The number of rotatable bonds is 5. The van der Waals surface area contributed by atoms with Crippen LogP contribution in [0.4, 0.5) is 8.78 Å². The summed E-state index contributed by atoms with van der Waals surface area (Å²) in [6.07, 6.45) is 0.949. The second kappa shape index (κ2) is 8.99. The second-order valence-electron chi connectivity index (χ2n) is 6.44. The lowest BCUT2D eigenvalue weighted by atomic mass is 9.95. The zero-order valence-corrected chi connectivity index (χ0v) is 17.0. The van der Waals surface area contributed by atoms with E-state index in [1.54, 1.807) is 14.2 Å². The van der Waals surface area contributed by atoms with E-state index in [4.69, 9.17) is 9.47 Å². The van der Waals surface area contributed by atoms with Gasteiger partial charge in [-0.2, -0.15) is 0 Å². The van der Waals surface area contributed by atoms with Crippen molar-refractivity contribution in [3.8, 4) is 11.5 Å². The Labute approximate surface area is 166 Å². The summed E-state index contributed by atoms with van der Waals surface area (Å²) in [5, 5.41) is 3.36. The molecule has 27 heavy (non-hydrogen) atoms. The van der Waals surface area contributed by atoms with Crippen molar-refractivity contribution in [1.82, 2.24) is 10.2 Å². The number of ether oxygens (including phenoxy) is 2. The van der Waals surface area contributed by atoms with Gasteiger partial charge in [0.2, 0.25) is 0 Å². The van der Waals surface area contributed by atoms with Crippen LogP contribution in [0, 0.1) is 11.6 Å². The second-order valence-corrected chi connectivity index (χ2v) is 7.29. The van der Waals surface area contributed by atoms with Crippen LogP contribution in [0.15, 0.2) is 34.8 Å². The largest absolute Gasteiger partial charge is 0.493 e. The van der Waals surface area contributed by atoms with Crippen LogP contribution in [0.5, 0.6) is 11.5 Å². The maximum absolute atomic E-state index is 14.7. The van der Waals surface area contributed by atoms with Crippen molar-refractivity contribution >= 4 is 15.9 Å². The van der Waals surface area contributed by atoms with Crippen LogP contribution in [0.2, 0.25) is 0 Å². The van der Waals surface area contributed by atoms with E-state index in [2.05, 4.69) is 26.1 Å². The molecular formula is C20H23BrF2N2O2. The summed E-state index contributed by atoms with van der Waals surface area (Å²) in [6, 6.07) is 7.06. The van der Waals surface area contributed by atoms with Crippen LogP contribution >= 0.6 is 15.9 Å². The summed E-state index contributed by atoms with van der Waals surface area (Å²) in [5.41, 5.74) is 1.28. The molecule has 7 heteroatoms. The third-order valence-electron chi connectivity index (χ3n) is 4.79. The number of nitrogens with one attached hydrogen (secondary N) is 1. The van der Waals surface area contributed by atoms with Gasteiger partial charge in [-0.3, -0.25) is 4.90 Å². The number of methoxy groups -OCH3 is 2. The average Bonchev–Trinajstić information content (AvgIpc) is 2.93. The van der Waals surface area contributed by atoms with Crippen LogP contribution in [0.25, 0.3) is 0 Å². The molecule has 3 rings (SSSR count). The van der Waals surface area contributed by atoms with Crippen molar-refractivity contribution in [2.45, 2.75) is 12.5 Å². The highest BCUT2D eigenvalue weighted by molar-refractivity contribution is 9.10. The highest BCUT2D eigenvalue weighted by Gasteiger charge is 2.29. The number of benzene rings is 2. The van der Waals surface area contributed by atoms with Gasteiger partial charge in [-0.05, 0) is 36.7 Å². The molecule has 2 aromatic rings. The summed E-state index contributed by atoms with van der Waals surface area (Å²) in [6.45, 7) is 3.28. The average molecular weight is 441 g/mol. The number of hydrogen-bond donors (Lipinski definition) is 1. The zero-order chi connectivity index (χ0) is 19.4. The summed E-state index contributed by atoms with van der Waals surface area (Å²) in [5.74, 6) is 0.0120.